The Morgan fingerprint density at radius 3 is 2.82 bits per heavy atom. The second-order valence-electron chi connectivity index (χ2n) is 3.36. The van der Waals surface area contributed by atoms with Gasteiger partial charge in [0.05, 0.1) is 11.3 Å². The first kappa shape index (κ1) is 13.5. The highest BCUT2D eigenvalue weighted by molar-refractivity contribution is 8.00. The quantitative estimate of drug-likeness (QED) is 0.803. The monoisotopic (exact) mass is 254 g/mol. The number of thioether (sulfide) groups is 1. The van der Waals surface area contributed by atoms with Crippen molar-refractivity contribution in [3.8, 4) is 0 Å². The van der Waals surface area contributed by atoms with Crippen LogP contribution in [-0.4, -0.2) is 46.2 Å². The van der Waals surface area contributed by atoms with Crippen LogP contribution in [0, 0.1) is 0 Å². The van der Waals surface area contributed by atoms with Gasteiger partial charge in [-0.3, -0.25) is 4.79 Å². The minimum absolute atomic E-state index is 0.0421. The van der Waals surface area contributed by atoms with Gasteiger partial charge in [0.15, 0.2) is 0 Å². The zero-order valence-electron chi connectivity index (χ0n) is 9.71. The van der Waals surface area contributed by atoms with Crippen molar-refractivity contribution in [1.82, 2.24) is 9.88 Å². The van der Waals surface area contributed by atoms with Crippen LogP contribution in [0.3, 0.4) is 0 Å². The lowest BCUT2D eigenvalue weighted by molar-refractivity contribution is -0.126. The van der Waals surface area contributed by atoms with E-state index in [1.54, 1.807) is 18.0 Å². The molecule has 0 radical (unpaired) electrons. The van der Waals surface area contributed by atoms with Gasteiger partial charge in [0.25, 0.3) is 0 Å². The van der Waals surface area contributed by atoms with Gasteiger partial charge >= 0.3 is 5.97 Å². The number of hydrogen-bond acceptors (Lipinski definition) is 4. The molecule has 0 aromatic carbocycles. The van der Waals surface area contributed by atoms with Gasteiger partial charge in [0.2, 0.25) is 5.91 Å². The van der Waals surface area contributed by atoms with Gasteiger partial charge in [-0.2, -0.15) is 0 Å². The van der Waals surface area contributed by atoms with Gasteiger partial charge < -0.3 is 10.0 Å². The first-order valence-corrected chi connectivity index (χ1v) is 6.10. The molecule has 1 aromatic heterocycles. The maximum absolute atomic E-state index is 11.6. The first-order valence-electron chi connectivity index (χ1n) is 5.11. The van der Waals surface area contributed by atoms with E-state index in [-0.39, 0.29) is 17.2 Å². The molecule has 0 atom stereocenters. The zero-order valence-corrected chi connectivity index (χ0v) is 10.5. The summed E-state index contributed by atoms with van der Waals surface area (Å²) < 4.78 is 0. The van der Waals surface area contributed by atoms with Crippen LogP contribution in [0.5, 0.6) is 0 Å². The number of aromatic nitrogens is 1. The van der Waals surface area contributed by atoms with Crippen molar-refractivity contribution in [2.24, 2.45) is 0 Å². The molecule has 0 saturated heterocycles. The summed E-state index contributed by atoms with van der Waals surface area (Å²) in [5.74, 6) is -0.877. The molecule has 0 spiro atoms. The molecule has 1 N–H and O–H groups in total. The molecule has 0 aliphatic heterocycles. The van der Waals surface area contributed by atoms with E-state index >= 15 is 0 Å². The van der Waals surface area contributed by atoms with E-state index in [1.807, 2.05) is 6.92 Å². The summed E-state index contributed by atoms with van der Waals surface area (Å²) >= 11 is 1.14. The lowest BCUT2D eigenvalue weighted by atomic mass is 10.3. The predicted octanol–water partition coefficient (Wildman–Crippen LogP) is 1.35. The molecule has 1 amide bonds. The van der Waals surface area contributed by atoms with E-state index < -0.39 is 5.97 Å². The number of aromatic carboxylic acids is 1. The fraction of sp³-hybridized carbons (Fsp3) is 0.364. The van der Waals surface area contributed by atoms with Crippen LogP contribution < -0.4 is 0 Å². The number of carboxylic acids is 1. The molecule has 0 unspecified atom stereocenters. The van der Waals surface area contributed by atoms with E-state index in [0.29, 0.717) is 11.6 Å². The number of nitrogens with zero attached hydrogens (tertiary/aromatic N) is 2. The minimum atomic E-state index is -1.03. The molecule has 1 aromatic rings. The van der Waals surface area contributed by atoms with Crippen LogP contribution in [0.1, 0.15) is 17.3 Å². The zero-order chi connectivity index (χ0) is 12.8. The van der Waals surface area contributed by atoms with E-state index in [2.05, 4.69) is 4.98 Å². The Hall–Kier alpha value is -1.56. The Balaban J connectivity index is 2.69. The van der Waals surface area contributed by atoms with Gasteiger partial charge in [-0.25, -0.2) is 9.78 Å². The number of carbonyl (C=O) groups is 2. The van der Waals surface area contributed by atoms with E-state index in [1.165, 1.54) is 12.3 Å². The summed E-state index contributed by atoms with van der Waals surface area (Å²) in [6, 6.07) is 3.04. The highest BCUT2D eigenvalue weighted by Gasteiger charge is 2.13. The second-order valence-corrected chi connectivity index (χ2v) is 4.32. The topological polar surface area (TPSA) is 70.5 Å². The van der Waals surface area contributed by atoms with E-state index in [0.717, 1.165) is 11.8 Å². The third kappa shape index (κ3) is 3.74. The summed E-state index contributed by atoms with van der Waals surface area (Å²) in [5.41, 5.74) is 0.129. The SMILES string of the molecule is CCN(C)C(=O)CSc1ncccc1C(=O)O. The number of carboxylic acid groups (broad SMARTS) is 1. The van der Waals surface area contributed by atoms with Crippen LogP contribution >= 0.6 is 11.8 Å². The molecule has 1 rings (SSSR count). The number of hydrogen-bond donors (Lipinski definition) is 1. The van der Waals surface area contributed by atoms with E-state index in [9.17, 15) is 9.59 Å². The van der Waals surface area contributed by atoms with Crippen molar-refractivity contribution in [2.45, 2.75) is 11.9 Å². The first-order chi connectivity index (χ1) is 8.06. The Kier molecular flexibility index (Phi) is 4.96. The molecule has 5 nitrogen and oxygen atoms in total. The summed E-state index contributed by atoms with van der Waals surface area (Å²) in [4.78, 5) is 28.0. The average Bonchev–Trinajstić information content (AvgIpc) is 2.35. The molecular formula is C11H14N2O3S. The molecule has 17 heavy (non-hydrogen) atoms. The van der Waals surface area contributed by atoms with E-state index in [4.69, 9.17) is 5.11 Å². The molecular weight excluding hydrogens is 240 g/mol. The highest BCUT2D eigenvalue weighted by Crippen LogP contribution is 2.20. The van der Waals surface area contributed by atoms with Crippen molar-refractivity contribution < 1.29 is 14.7 Å². The molecule has 0 aliphatic carbocycles. The standard InChI is InChI=1S/C11H14N2O3S/c1-3-13(2)9(14)7-17-10-8(11(15)16)5-4-6-12-10/h4-6H,3,7H2,1-2H3,(H,15,16). The smallest absolute Gasteiger partial charge is 0.338 e. The lowest BCUT2D eigenvalue weighted by Gasteiger charge is -2.13. The minimum Gasteiger partial charge on any atom is -0.478 e. The van der Waals surface area contributed by atoms with Gasteiger partial charge in [-0.15, -0.1) is 0 Å². The Labute approximate surface area is 104 Å². The van der Waals surface area contributed by atoms with Crippen molar-refractivity contribution in [3.63, 3.8) is 0 Å². The Morgan fingerprint density at radius 1 is 1.53 bits per heavy atom. The molecule has 1 heterocycles. The Morgan fingerprint density at radius 2 is 2.24 bits per heavy atom. The van der Waals surface area contributed by atoms with Gasteiger partial charge in [-0.05, 0) is 19.1 Å². The summed E-state index contributed by atoms with van der Waals surface area (Å²) in [6.07, 6.45) is 1.52. The summed E-state index contributed by atoms with van der Waals surface area (Å²) in [5, 5.41) is 9.31. The van der Waals surface area contributed by atoms with Crippen molar-refractivity contribution in [3.05, 3.63) is 23.9 Å². The van der Waals surface area contributed by atoms with Crippen LogP contribution in [0.15, 0.2) is 23.4 Å². The van der Waals surface area contributed by atoms with Crippen LogP contribution in [0.4, 0.5) is 0 Å². The van der Waals surface area contributed by atoms with Crippen molar-refractivity contribution >= 4 is 23.6 Å². The lowest BCUT2D eigenvalue weighted by Crippen LogP contribution is -2.27. The van der Waals surface area contributed by atoms with Gasteiger partial charge in [0.1, 0.15) is 5.03 Å². The predicted molar refractivity (Wildman–Crippen MR) is 65.2 cm³/mol. The highest BCUT2D eigenvalue weighted by atomic mass is 32.2. The molecule has 6 heteroatoms. The van der Waals surface area contributed by atoms with Crippen molar-refractivity contribution in [1.29, 1.82) is 0 Å². The number of carbonyl (C=O) groups excluding carboxylic acids is 1. The number of amides is 1. The fourth-order valence-corrected chi connectivity index (χ4v) is 2.01. The third-order valence-corrected chi connectivity index (χ3v) is 3.22. The van der Waals surface area contributed by atoms with Gasteiger partial charge in [-0.1, -0.05) is 11.8 Å². The fourth-order valence-electron chi connectivity index (χ4n) is 1.09. The van der Waals surface area contributed by atoms with Crippen molar-refractivity contribution in [2.75, 3.05) is 19.3 Å². The number of pyridine rings is 1. The van der Waals surface area contributed by atoms with Crippen LogP contribution in [0.25, 0.3) is 0 Å². The van der Waals surface area contributed by atoms with Gasteiger partial charge in [0, 0.05) is 19.8 Å². The maximum Gasteiger partial charge on any atom is 0.338 e. The number of rotatable bonds is 5. The molecule has 92 valence electrons. The largest absolute Gasteiger partial charge is 0.478 e. The second kappa shape index (κ2) is 6.24. The molecule has 0 fully saturated rings. The summed E-state index contributed by atoms with van der Waals surface area (Å²) in [6.45, 7) is 2.51. The summed E-state index contributed by atoms with van der Waals surface area (Å²) in [7, 11) is 1.71. The Bertz CT molecular complexity index is 423. The maximum atomic E-state index is 11.6. The average molecular weight is 254 g/mol. The molecule has 0 bridgehead atoms. The molecule has 0 aliphatic rings. The third-order valence-electron chi connectivity index (χ3n) is 2.23. The van der Waals surface area contributed by atoms with Crippen LogP contribution in [0.2, 0.25) is 0 Å². The molecule has 0 saturated carbocycles. The normalized spacial score (nSPS) is 10.0. The van der Waals surface area contributed by atoms with Crippen LogP contribution in [-0.2, 0) is 4.79 Å².